The minimum atomic E-state index is -0.226. The number of hydrogen-bond acceptors (Lipinski definition) is 3. The fourth-order valence-electron chi connectivity index (χ4n) is 2.20. The minimum absolute atomic E-state index is 0.226. The molecule has 0 saturated heterocycles. The average Bonchev–Trinajstić information content (AvgIpc) is 3.18. The van der Waals surface area contributed by atoms with Gasteiger partial charge in [0.2, 0.25) is 5.76 Å². The molecule has 0 atom stereocenters. The number of aryl methyl sites for hydroxylation is 2. The number of anilines is 1. The van der Waals surface area contributed by atoms with Crippen molar-refractivity contribution >= 4 is 11.6 Å². The van der Waals surface area contributed by atoms with E-state index < -0.39 is 0 Å². The monoisotopic (exact) mass is 270 g/mol. The molecular formula is C16H18N2O2. The number of carbonyl (C=O) groups is 1. The smallest absolute Gasteiger partial charge is 0.293 e. The van der Waals surface area contributed by atoms with E-state index in [2.05, 4.69) is 10.3 Å². The zero-order chi connectivity index (χ0) is 14.3. The standard InChI is InChI=1S/C16H18N2O2/c1-9-5-4-6-13(10(9)2)18-15(19)14-11(3)17-16(20-14)12-7-8-12/h4-6,12H,7-8H2,1-3H3,(H,18,19). The van der Waals surface area contributed by atoms with Crippen LogP contribution in [-0.4, -0.2) is 10.9 Å². The highest BCUT2D eigenvalue weighted by Gasteiger charge is 2.30. The van der Waals surface area contributed by atoms with Gasteiger partial charge < -0.3 is 9.73 Å². The van der Waals surface area contributed by atoms with Crippen LogP contribution in [-0.2, 0) is 0 Å². The number of amides is 1. The molecule has 0 radical (unpaired) electrons. The van der Waals surface area contributed by atoms with Gasteiger partial charge in [-0.25, -0.2) is 4.98 Å². The lowest BCUT2D eigenvalue weighted by molar-refractivity contribution is 0.0994. The van der Waals surface area contributed by atoms with Crippen LogP contribution in [0.3, 0.4) is 0 Å². The fourth-order valence-corrected chi connectivity index (χ4v) is 2.20. The van der Waals surface area contributed by atoms with Crippen LogP contribution in [0.15, 0.2) is 22.6 Å². The first-order valence-corrected chi connectivity index (χ1v) is 6.91. The quantitative estimate of drug-likeness (QED) is 0.924. The summed E-state index contributed by atoms with van der Waals surface area (Å²) in [6, 6.07) is 5.85. The lowest BCUT2D eigenvalue weighted by Crippen LogP contribution is -2.13. The summed E-state index contributed by atoms with van der Waals surface area (Å²) in [6.45, 7) is 5.83. The molecule has 1 aliphatic rings. The summed E-state index contributed by atoms with van der Waals surface area (Å²) in [4.78, 5) is 16.7. The molecule has 3 rings (SSSR count). The van der Waals surface area contributed by atoms with Gasteiger partial charge in [-0.05, 0) is 50.8 Å². The predicted molar refractivity (Wildman–Crippen MR) is 77.1 cm³/mol. The van der Waals surface area contributed by atoms with Crippen LogP contribution < -0.4 is 5.32 Å². The Balaban J connectivity index is 1.84. The number of benzene rings is 1. The second-order valence-electron chi connectivity index (χ2n) is 5.44. The molecule has 2 aromatic rings. The van der Waals surface area contributed by atoms with Crippen LogP contribution in [0, 0.1) is 20.8 Å². The zero-order valence-corrected chi connectivity index (χ0v) is 12.0. The highest BCUT2D eigenvalue weighted by Crippen LogP contribution is 2.40. The number of nitrogens with one attached hydrogen (secondary N) is 1. The molecule has 1 aliphatic carbocycles. The number of rotatable bonds is 3. The summed E-state index contributed by atoms with van der Waals surface area (Å²) in [5.74, 6) is 1.22. The van der Waals surface area contributed by atoms with Gasteiger partial charge >= 0.3 is 0 Å². The van der Waals surface area contributed by atoms with Crippen LogP contribution in [0.2, 0.25) is 0 Å². The summed E-state index contributed by atoms with van der Waals surface area (Å²) >= 11 is 0. The summed E-state index contributed by atoms with van der Waals surface area (Å²) in [5, 5.41) is 2.91. The van der Waals surface area contributed by atoms with E-state index in [9.17, 15) is 4.79 Å². The first kappa shape index (κ1) is 12.9. The molecule has 4 nitrogen and oxygen atoms in total. The van der Waals surface area contributed by atoms with Crippen LogP contribution >= 0.6 is 0 Å². The van der Waals surface area contributed by atoms with E-state index in [1.54, 1.807) is 0 Å². The summed E-state index contributed by atoms with van der Waals surface area (Å²) in [7, 11) is 0. The van der Waals surface area contributed by atoms with Gasteiger partial charge in [-0.3, -0.25) is 4.79 Å². The van der Waals surface area contributed by atoms with E-state index in [1.807, 2.05) is 39.0 Å². The molecule has 0 unspecified atom stereocenters. The van der Waals surface area contributed by atoms with Gasteiger partial charge in [-0.2, -0.15) is 0 Å². The average molecular weight is 270 g/mol. The number of carbonyl (C=O) groups excluding carboxylic acids is 1. The van der Waals surface area contributed by atoms with Crippen molar-refractivity contribution in [1.29, 1.82) is 0 Å². The van der Waals surface area contributed by atoms with Crippen molar-refractivity contribution in [3.05, 3.63) is 46.7 Å². The van der Waals surface area contributed by atoms with Crippen molar-refractivity contribution in [2.24, 2.45) is 0 Å². The lowest BCUT2D eigenvalue weighted by atomic mass is 10.1. The van der Waals surface area contributed by atoms with E-state index >= 15 is 0 Å². The maximum atomic E-state index is 12.3. The molecule has 104 valence electrons. The molecule has 20 heavy (non-hydrogen) atoms. The molecule has 1 saturated carbocycles. The molecule has 4 heteroatoms. The highest BCUT2D eigenvalue weighted by atomic mass is 16.4. The van der Waals surface area contributed by atoms with Crippen molar-refractivity contribution in [2.45, 2.75) is 39.5 Å². The maximum absolute atomic E-state index is 12.3. The number of aromatic nitrogens is 1. The van der Waals surface area contributed by atoms with Gasteiger partial charge in [-0.15, -0.1) is 0 Å². The molecule has 1 fully saturated rings. The topological polar surface area (TPSA) is 55.1 Å². The van der Waals surface area contributed by atoms with Crippen molar-refractivity contribution in [3.63, 3.8) is 0 Å². The Hall–Kier alpha value is -2.10. The molecule has 1 heterocycles. The SMILES string of the molecule is Cc1cccc(NC(=O)c2oc(C3CC3)nc2C)c1C. The zero-order valence-electron chi connectivity index (χ0n) is 12.0. The first-order chi connectivity index (χ1) is 9.56. The van der Waals surface area contributed by atoms with Crippen LogP contribution in [0.25, 0.3) is 0 Å². The molecule has 1 aromatic carbocycles. The third-order valence-corrected chi connectivity index (χ3v) is 3.80. The molecule has 0 bridgehead atoms. The number of hydrogen-bond donors (Lipinski definition) is 1. The van der Waals surface area contributed by atoms with E-state index in [0.717, 1.165) is 29.7 Å². The molecule has 1 amide bonds. The molecule has 1 N–H and O–H groups in total. The van der Waals surface area contributed by atoms with E-state index in [4.69, 9.17) is 4.42 Å². The largest absolute Gasteiger partial charge is 0.435 e. The van der Waals surface area contributed by atoms with E-state index in [0.29, 0.717) is 23.3 Å². The van der Waals surface area contributed by atoms with Gasteiger partial charge in [0, 0.05) is 11.6 Å². The van der Waals surface area contributed by atoms with Crippen molar-refractivity contribution in [3.8, 4) is 0 Å². The van der Waals surface area contributed by atoms with Crippen molar-refractivity contribution in [1.82, 2.24) is 4.98 Å². The predicted octanol–water partition coefficient (Wildman–Crippen LogP) is 3.73. The maximum Gasteiger partial charge on any atom is 0.293 e. The Labute approximate surface area is 118 Å². The van der Waals surface area contributed by atoms with Crippen LogP contribution in [0.5, 0.6) is 0 Å². The minimum Gasteiger partial charge on any atom is -0.435 e. The van der Waals surface area contributed by atoms with Crippen LogP contribution in [0.4, 0.5) is 5.69 Å². The number of oxazole rings is 1. The fraction of sp³-hybridized carbons (Fsp3) is 0.375. The van der Waals surface area contributed by atoms with Gasteiger partial charge in [0.25, 0.3) is 5.91 Å². The van der Waals surface area contributed by atoms with Crippen LogP contribution in [0.1, 0.15) is 52.0 Å². The summed E-state index contributed by atoms with van der Waals surface area (Å²) in [6.07, 6.45) is 2.22. The second kappa shape index (κ2) is 4.78. The molecule has 0 spiro atoms. The molecule has 0 aliphatic heterocycles. The second-order valence-corrected chi connectivity index (χ2v) is 5.44. The number of nitrogens with zero attached hydrogens (tertiary/aromatic N) is 1. The summed E-state index contributed by atoms with van der Waals surface area (Å²) < 4.78 is 5.62. The molecular weight excluding hydrogens is 252 g/mol. The first-order valence-electron chi connectivity index (χ1n) is 6.91. The Morgan fingerprint density at radius 2 is 2.05 bits per heavy atom. The van der Waals surface area contributed by atoms with Gasteiger partial charge in [0.1, 0.15) is 0 Å². The Morgan fingerprint density at radius 1 is 1.30 bits per heavy atom. The summed E-state index contributed by atoms with van der Waals surface area (Å²) in [5.41, 5.74) is 3.70. The normalized spacial score (nSPS) is 14.3. The van der Waals surface area contributed by atoms with Crippen molar-refractivity contribution in [2.75, 3.05) is 5.32 Å². The third-order valence-electron chi connectivity index (χ3n) is 3.80. The molecule has 1 aromatic heterocycles. The van der Waals surface area contributed by atoms with Gasteiger partial charge in [0.05, 0.1) is 5.69 Å². The lowest BCUT2D eigenvalue weighted by Gasteiger charge is -2.09. The Morgan fingerprint density at radius 3 is 2.75 bits per heavy atom. The van der Waals surface area contributed by atoms with E-state index in [-0.39, 0.29) is 5.91 Å². The van der Waals surface area contributed by atoms with Gasteiger partial charge in [-0.1, -0.05) is 12.1 Å². The van der Waals surface area contributed by atoms with Crippen molar-refractivity contribution < 1.29 is 9.21 Å². The Bertz CT molecular complexity index is 669. The highest BCUT2D eigenvalue weighted by molar-refractivity contribution is 6.03. The van der Waals surface area contributed by atoms with Gasteiger partial charge in [0.15, 0.2) is 5.89 Å². The third kappa shape index (κ3) is 2.33. The van der Waals surface area contributed by atoms with E-state index in [1.165, 1.54) is 0 Å². The Kier molecular flexibility index (Phi) is 3.08.